The van der Waals surface area contributed by atoms with Gasteiger partial charge in [0, 0.05) is 0 Å². The Labute approximate surface area is 122 Å². The summed E-state index contributed by atoms with van der Waals surface area (Å²) in [4.78, 5) is 0. The molecule has 0 N–H and O–H groups in total. The first-order valence-corrected chi connectivity index (χ1v) is 5.22. The second-order valence-electron chi connectivity index (χ2n) is 3.23. The second kappa shape index (κ2) is 12.0. The Kier molecular flexibility index (Phi) is 12.5. The fourth-order valence-electron chi connectivity index (χ4n) is 1.18. The summed E-state index contributed by atoms with van der Waals surface area (Å²) in [5.41, 5.74) is 2.35. The molecule has 0 aromatic heterocycles. The summed E-state index contributed by atoms with van der Waals surface area (Å²) in [5.74, 6) is 0. The third kappa shape index (κ3) is 7.72. The third-order valence-corrected chi connectivity index (χ3v) is 2.07. The van der Waals surface area contributed by atoms with Gasteiger partial charge in [0.15, 0.2) is 0 Å². The molecule has 0 aliphatic heterocycles. The zero-order valence-corrected chi connectivity index (χ0v) is 11.8. The van der Waals surface area contributed by atoms with Crippen molar-refractivity contribution < 1.29 is 0 Å². The number of rotatable bonds is 2. The van der Waals surface area contributed by atoms with Crippen molar-refractivity contribution in [2.45, 2.75) is 0 Å². The molecule has 0 aliphatic carbocycles. The van der Waals surface area contributed by atoms with E-state index in [-0.39, 0.29) is 24.8 Å². The minimum Gasteiger partial charge on any atom is -0.147 e. The van der Waals surface area contributed by atoms with Crippen LogP contribution in [0.3, 0.4) is 0 Å². The van der Waals surface area contributed by atoms with Gasteiger partial charge < -0.3 is 0 Å². The van der Waals surface area contributed by atoms with Gasteiger partial charge in [0.2, 0.25) is 0 Å². The van der Waals surface area contributed by atoms with E-state index in [0.717, 1.165) is 0 Å². The SMILES string of the molecule is C=Cc1ccccc1.C=Cc1ccccc1.Cl.Cl. The standard InChI is InChI=1S/2C8H8.2ClH/c2*1-2-8-6-4-3-5-7-8;;/h2*2-7H,1H2;2*1H. The smallest absolute Gasteiger partial charge is 0.0263 e. The van der Waals surface area contributed by atoms with Gasteiger partial charge in [0.1, 0.15) is 0 Å². The predicted molar refractivity (Wildman–Crippen MR) is 87.6 cm³/mol. The van der Waals surface area contributed by atoms with Crippen LogP contribution in [0.25, 0.3) is 12.2 Å². The first-order chi connectivity index (χ1) is 7.86. The molecule has 0 fully saturated rings. The van der Waals surface area contributed by atoms with Crippen molar-refractivity contribution >= 4 is 37.0 Å². The molecule has 0 nitrogen and oxygen atoms in total. The Morgan fingerprint density at radius 2 is 0.833 bits per heavy atom. The Bertz CT molecular complexity index is 378. The molecule has 0 heterocycles. The maximum atomic E-state index is 3.63. The Balaban J connectivity index is 0. The number of benzene rings is 2. The van der Waals surface area contributed by atoms with Gasteiger partial charge in [-0.1, -0.05) is 86.0 Å². The van der Waals surface area contributed by atoms with Crippen molar-refractivity contribution in [1.29, 1.82) is 0 Å². The molecule has 0 spiro atoms. The van der Waals surface area contributed by atoms with Crippen LogP contribution in [0, 0.1) is 0 Å². The van der Waals surface area contributed by atoms with E-state index in [0.29, 0.717) is 0 Å². The molecule has 0 atom stereocenters. The van der Waals surface area contributed by atoms with Crippen LogP contribution in [-0.4, -0.2) is 0 Å². The summed E-state index contributed by atoms with van der Waals surface area (Å²) in [7, 11) is 0. The van der Waals surface area contributed by atoms with E-state index in [4.69, 9.17) is 0 Å². The molecule has 0 saturated carbocycles. The lowest BCUT2D eigenvalue weighted by atomic mass is 10.2. The lowest BCUT2D eigenvalue weighted by molar-refractivity contribution is 1.67. The van der Waals surface area contributed by atoms with Crippen LogP contribution in [0.5, 0.6) is 0 Å². The van der Waals surface area contributed by atoms with Crippen molar-refractivity contribution in [3.05, 3.63) is 84.9 Å². The van der Waals surface area contributed by atoms with E-state index in [1.54, 1.807) is 0 Å². The highest BCUT2D eigenvalue weighted by Gasteiger charge is 1.76. The van der Waals surface area contributed by atoms with Crippen molar-refractivity contribution in [3.8, 4) is 0 Å². The predicted octanol–water partition coefficient (Wildman–Crippen LogP) is 5.50. The summed E-state index contributed by atoms with van der Waals surface area (Å²) in [5, 5.41) is 0. The van der Waals surface area contributed by atoms with Gasteiger partial charge in [-0.3, -0.25) is 0 Å². The second-order valence-corrected chi connectivity index (χ2v) is 3.23. The highest BCUT2D eigenvalue weighted by Crippen LogP contribution is 1.98. The van der Waals surface area contributed by atoms with Crippen LogP contribution in [0.2, 0.25) is 0 Å². The number of hydrogen-bond donors (Lipinski definition) is 0. The van der Waals surface area contributed by atoms with Gasteiger partial charge >= 0.3 is 0 Å². The molecule has 2 heteroatoms. The molecule has 2 rings (SSSR count). The molecule has 0 saturated heterocycles. The van der Waals surface area contributed by atoms with Crippen molar-refractivity contribution in [3.63, 3.8) is 0 Å². The highest BCUT2D eigenvalue weighted by molar-refractivity contribution is 5.85. The van der Waals surface area contributed by atoms with E-state index in [9.17, 15) is 0 Å². The van der Waals surface area contributed by atoms with Crippen LogP contribution in [0.15, 0.2) is 73.8 Å². The van der Waals surface area contributed by atoms with Gasteiger partial charge in [-0.15, -0.1) is 24.8 Å². The van der Waals surface area contributed by atoms with E-state index < -0.39 is 0 Å². The number of hydrogen-bond acceptors (Lipinski definition) is 0. The van der Waals surface area contributed by atoms with Gasteiger partial charge in [-0.25, -0.2) is 0 Å². The van der Waals surface area contributed by atoms with Crippen LogP contribution in [0.1, 0.15) is 11.1 Å². The summed E-state index contributed by atoms with van der Waals surface area (Å²) in [6.45, 7) is 7.26. The zero-order chi connectivity index (χ0) is 11.6. The lowest BCUT2D eigenvalue weighted by Crippen LogP contribution is -1.63. The van der Waals surface area contributed by atoms with Crippen LogP contribution >= 0.6 is 24.8 Å². The fourth-order valence-corrected chi connectivity index (χ4v) is 1.18. The molecular weight excluding hydrogens is 263 g/mol. The molecule has 0 unspecified atom stereocenters. The van der Waals surface area contributed by atoms with E-state index in [1.165, 1.54) is 11.1 Å². The van der Waals surface area contributed by atoms with Crippen LogP contribution in [0.4, 0.5) is 0 Å². The summed E-state index contributed by atoms with van der Waals surface area (Å²) in [6, 6.07) is 20.1. The molecule has 2 aromatic carbocycles. The summed E-state index contributed by atoms with van der Waals surface area (Å²) < 4.78 is 0. The summed E-state index contributed by atoms with van der Waals surface area (Å²) in [6.07, 6.45) is 3.67. The Hall–Kier alpha value is -1.50. The van der Waals surface area contributed by atoms with Crippen LogP contribution < -0.4 is 0 Å². The molecule has 96 valence electrons. The minimum atomic E-state index is 0. The minimum absolute atomic E-state index is 0. The van der Waals surface area contributed by atoms with Gasteiger partial charge in [0.05, 0.1) is 0 Å². The Morgan fingerprint density at radius 1 is 0.556 bits per heavy atom. The summed E-state index contributed by atoms with van der Waals surface area (Å²) >= 11 is 0. The molecule has 0 radical (unpaired) electrons. The van der Waals surface area contributed by atoms with E-state index in [1.807, 2.05) is 72.8 Å². The molecule has 18 heavy (non-hydrogen) atoms. The van der Waals surface area contributed by atoms with Gasteiger partial charge in [-0.05, 0) is 11.1 Å². The van der Waals surface area contributed by atoms with Crippen molar-refractivity contribution in [2.75, 3.05) is 0 Å². The monoisotopic (exact) mass is 280 g/mol. The van der Waals surface area contributed by atoms with E-state index in [2.05, 4.69) is 13.2 Å². The van der Waals surface area contributed by atoms with Crippen molar-refractivity contribution in [1.82, 2.24) is 0 Å². The average molecular weight is 281 g/mol. The molecule has 0 amide bonds. The Morgan fingerprint density at radius 3 is 1.00 bits per heavy atom. The van der Waals surface area contributed by atoms with E-state index >= 15 is 0 Å². The maximum Gasteiger partial charge on any atom is -0.0263 e. The largest absolute Gasteiger partial charge is 0.147 e. The lowest BCUT2D eigenvalue weighted by Gasteiger charge is -1.85. The first kappa shape index (κ1) is 18.9. The zero-order valence-electron chi connectivity index (χ0n) is 10.2. The third-order valence-electron chi connectivity index (χ3n) is 2.07. The van der Waals surface area contributed by atoms with Crippen LogP contribution in [-0.2, 0) is 0 Å². The fraction of sp³-hybridized carbons (Fsp3) is 0. The normalized spacial score (nSPS) is 7.56. The maximum absolute atomic E-state index is 3.63. The average Bonchev–Trinajstić information content (AvgIpc) is 2.41. The van der Waals surface area contributed by atoms with Gasteiger partial charge in [-0.2, -0.15) is 0 Å². The molecular formula is C16H18Cl2. The molecule has 0 bridgehead atoms. The topological polar surface area (TPSA) is 0 Å². The molecule has 2 aromatic rings. The highest BCUT2D eigenvalue weighted by atomic mass is 35.5. The van der Waals surface area contributed by atoms with Gasteiger partial charge in [0.25, 0.3) is 0 Å². The molecule has 0 aliphatic rings. The first-order valence-electron chi connectivity index (χ1n) is 5.22. The number of halogens is 2. The van der Waals surface area contributed by atoms with Crippen molar-refractivity contribution in [2.24, 2.45) is 0 Å². The quantitative estimate of drug-likeness (QED) is 0.681.